The lowest BCUT2D eigenvalue weighted by molar-refractivity contribution is -0.137. The van der Waals surface area contributed by atoms with Crippen molar-refractivity contribution in [1.82, 2.24) is 0 Å². The number of hydrogen-bond acceptors (Lipinski definition) is 2. The Hall–Kier alpha value is -2.13. The van der Waals surface area contributed by atoms with Crippen LogP contribution < -0.4 is 0 Å². The molecule has 0 aliphatic carbocycles. The predicted octanol–water partition coefficient (Wildman–Crippen LogP) is 5.86. The molecule has 1 unspecified atom stereocenters. The van der Waals surface area contributed by atoms with E-state index < -0.39 is 12.1 Å². The van der Waals surface area contributed by atoms with Crippen LogP contribution in [0.15, 0.2) is 48.6 Å². The number of aliphatic hydroxyl groups is 1. The summed E-state index contributed by atoms with van der Waals surface area (Å²) in [5.74, 6) is -0.750. The van der Waals surface area contributed by atoms with Gasteiger partial charge in [0.25, 0.3) is 0 Å². The van der Waals surface area contributed by atoms with E-state index in [0.717, 1.165) is 24.0 Å². The Morgan fingerprint density at radius 1 is 1.04 bits per heavy atom. The molecule has 0 fully saturated rings. The molecule has 0 aromatic heterocycles. The SMILES string of the molecule is CCCCC/C=C\CC(O)/C=C/c1cccc(/C=C/CCCC(=O)O)c1. The van der Waals surface area contributed by atoms with Crippen molar-refractivity contribution < 1.29 is 15.0 Å². The van der Waals surface area contributed by atoms with Gasteiger partial charge in [-0.25, -0.2) is 0 Å². The van der Waals surface area contributed by atoms with E-state index in [4.69, 9.17) is 5.11 Å². The molecule has 142 valence electrons. The second kappa shape index (κ2) is 14.1. The Labute approximate surface area is 157 Å². The number of aliphatic hydroxyl groups excluding tert-OH is 1. The summed E-state index contributed by atoms with van der Waals surface area (Å²) in [6, 6.07) is 8.06. The highest BCUT2D eigenvalue weighted by Crippen LogP contribution is 2.11. The Morgan fingerprint density at radius 2 is 1.77 bits per heavy atom. The van der Waals surface area contributed by atoms with Crippen LogP contribution in [0, 0.1) is 0 Å². The van der Waals surface area contributed by atoms with Gasteiger partial charge in [0.2, 0.25) is 0 Å². The topological polar surface area (TPSA) is 57.5 Å². The van der Waals surface area contributed by atoms with Crippen molar-refractivity contribution >= 4 is 18.1 Å². The lowest BCUT2D eigenvalue weighted by Gasteiger charge is -2.02. The van der Waals surface area contributed by atoms with E-state index >= 15 is 0 Å². The third-order valence-corrected chi connectivity index (χ3v) is 4.01. The Kier molecular flexibility index (Phi) is 11.9. The third kappa shape index (κ3) is 11.4. The summed E-state index contributed by atoms with van der Waals surface area (Å²) in [6.07, 6.45) is 18.6. The van der Waals surface area contributed by atoms with Gasteiger partial charge in [0.15, 0.2) is 0 Å². The molecule has 1 aromatic rings. The van der Waals surface area contributed by atoms with Gasteiger partial charge in [0.1, 0.15) is 0 Å². The van der Waals surface area contributed by atoms with Gasteiger partial charge in [0, 0.05) is 6.42 Å². The molecule has 1 aromatic carbocycles. The normalized spacial score (nSPS) is 13.2. The highest BCUT2D eigenvalue weighted by atomic mass is 16.4. The van der Waals surface area contributed by atoms with Crippen molar-refractivity contribution in [3.63, 3.8) is 0 Å². The zero-order chi connectivity index (χ0) is 19.0. The number of carbonyl (C=O) groups is 1. The minimum absolute atomic E-state index is 0.206. The molecule has 3 nitrogen and oxygen atoms in total. The molecule has 0 radical (unpaired) electrons. The summed E-state index contributed by atoms with van der Waals surface area (Å²) in [6.45, 7) is 2.20. The summed E-state index contributed by atoms with van der Waals surface area (Å²) in [5, 5.41) is 18.6. The molecule has 2 N–H and O–H groups in total. The van der Waals surface area contributed by atoms with E-state index in [0.29, 0.717) is 12.8 Å². The Bertz CT molecular complexity index is 599. The number of rotatable bonds is 13. The first-order chi connectivity index (χ1) is 12.6. The second-order valence-electron chi connectivity index (χ2n) is 6.49. The molecule has 0 bridgehead atoms. The molecule has 1 rings (SSSR count). The van der Waals surface area contributed by atoms with Gasteiger partial charge in [-0.3, -0.25) is 4.79 Å². The van der Waals surface area contributed by atoms with Gasteiger partial charge in [-0.2, -0.15) is 0 Å². The predicted molar refractivity (Wildman–Crippen MR) is 110 cm³/mol. The number of unbranched alkanes of at least 4 members (excludes halogenated alkanes) is 4. The first kappa shape index (κ1) is 21.9. The average molecular weight is 357 g/mol. The summed E-state index contributed by atoms with van der Waals surface area (Å²) < 4.78 is 0. The quantitative estimate of drug-likeness (QED) is 0.344. The summed E-state index contributed by atoms with van der Waals surface area (Å²) in [4.78, 5) is 10.5. The highest BCUT2D eigenvalue weighted by molar-refractivity contribution is 5.66. The van der Waals surface area contributed by atoms with E-state index in [1.165, 1.54) is 19.3 Å². The van der Waals surface area contributed by atoms with E-state index in [9.17, 15) is 9.90 Å². The van der Waals surface area contributed by atoms with Gasteiger partial charge in [-0.15, -0.1) is 0 Å². The molecule has 3 heteroatoms. The second-order valence-corrected chi connectivity index (χ2v) is 6.49. The average Bonchev–Trinajstić information content (AvgIpc) is 2.63. The van der Waals surface area contributed by atoms with Gasteiger partial charge >= 0.3 is 5.97 Å². The molecule has 0 saturated heterocycles. The third-order valence-electron chi connectivity index (χ3n) is 4.01. The highest BCUT2D eigenvalue weighted by Gasteiger charge is 1.97. The first-order valence-corrected chi connectivity index (χ1v) is 9.61. The van der Waals surface area contributed by atoms with E-state index in [-0.39, 0.29) is 6.42 Å². The zero-order valence-electron chi connectivity index (χ0n) is 15.8. The largest absolute Gasteiger partial charge is 0.481 e. The van der Waals surface area contributed by atoms with E-state index in [1.54, 1.807) is 0 Å². The smallest absolute Gasteiger partial charge is 0.303 e. The van der Waals surface area contributed by atoms with Gasteiger partial charge in [-0.1, -0.05) is 74.4 Å². The molecule has 0 heterocycles. The molecule has 0 amide bonds. The fourth-order valence-corrected chi connectivity index (χ4v) is 2.52. The van der Waals surface area contributed by atoms with Crippen LogP contribution in [0.1, 0.15) is 69.4 Å². The van der Waals surface area contributed by atoms with Crippen LogP contribution in [-0.4, -0.2) is 22.3 Å². The first-order valence-electron chi connectivity index (χ1n) is 9.61. The Morgan fingerprint density at radius 3 is 2.50 bits per heavy atom. The summed E-state index contributed by atoms with van der Waals surface area (Å²) >= 11 is 0. The number of benzene rings is 1. The van der Waals surface area contributed by atoms with Crippen LogP contribution in [0.25, 0.3) is 12.2 Å². The fourth-order valence-electron chi connectivity index (χ4n) is 2.52. The standard InChI is InChI=1S/C23H32O3/c1-2-3-4-5-6-9-15-22(24)18-17-21-14-11-13-20(19-21)12-8-7-10-16-23(25)26/h6,8-9,11-14,17-19,22,24H,2-5,7,10,15-16H2,1H3,(H,25,26)/b9-6-,12-8+,18-17+. The zero-order valence-corrected chi connectivity index (χ0v) is 15.8. The number of hydrogen-bond donors (Lipinski definition) is 2. The molecule has 0 spiro atoms. The fraction of sp³-hybridized carbons (Fsp3) is 0.435. The van der Waals surface area contributed by atoms with Crippen LogP contribution in [-0.2, 0) is 4.79 Å². The maximum absolute atomic E-state index is 10.5. The number of carboxylic acids is 1. The monoisotopic (exact) mass is 356 g/mol. The number of carboxylic acid groups (broad SMARTS) is 1. The van der Waals surface area contributed by atoms with Crippen molar-refractivity contribution in [3.8, 4) is 0 Å². The van der Waals surface area contributed by atoms with Crippen molar-refractivity contribution in [3.05, 3.63) is 59.7 Å². The Balaban J connectivity index is 2.40. The van der Waals surface area contributed by atoms with E-state index in [1.807, 2.05) is 42.5 Å². The molecule has 0 saturated carbocycles. The maximum Gasteiger partial charge on any atom is 0.303 e. The molecule has 26 heavy (non-hydrogen) atoms. The van der Waals surface area contributed by atoms with Crippen LogP contribution in [0.4, 0.5) is 0 Å². The minimum Gasteiger partial charge on any atom is -0.481 e. The van der Waals surface area contributed by atoms with Crippen LogP contribution in [0.3, 0.4) is 0 Å². The van der Waals surface area contributed by atoms with Crippen LogP contribution in [0.2, 0.25) is 0 Å². The van der Waals surface area contributed by atoms with Gasteiger partial charge in [-0.05, 0) is 49.3 Å². The van der Waals surface area contributed by atoms with Gasteiger partial charge in [0.05, 0.1) is 6.10 Å². The van der Waals surface area contributed by atoms with Crippen molar-refractivity contribution in [1.29, 1.82) is 0 Å². The molecule has 0 aliphatic rings. The molecule has 0 aliphatic heterocycles. The number of allylic oxidation sites excluding steroid dienone is 2. The van der Waals surface area contributed by atoms with E-state index in [2.05, 4.69) is 25.1 Å². The molecule has 1 atom stereocenters. The molecular formula is C23H32O3. The van der Waals surface area contributed by atoms with Gasteiger partial charge < -0.3 is 10.2 Å². The minimum atomic E-state index is -0.750. The molecular weight excluding hydrogens is 324 g/mol. The summed E-state index contributed by atoms with van der Waals surface area (Å²) in [7, 11) is 0. The van der Waals surface area contributed by atoms with Crippen molar-refractivity contribution in [2.24, 2.45) is 0 Å². The van der Waals surface area contributed by atoms with Crippen molar-refractivity contribution in [2.75, 3.05) is 0 Å². The lowest BCUT2D eigenvalue weighted by atomic mass is 10.1. The summed E-state index contributed by atoms with van der Waals surface area (Å²) in [5.41, 5.74) is 2.12. The van der Waals surface area contributed by atoms with Crippen LogP contribution >= 0.6 is 0 Å². The van der Waals surface area contributed by atoms with Crippen molar-refractivity contribution in [2.45, 2.75) is 64.4 Å². The lowest BCUT2D eigenvalue weighted by Crippen LogP contribution is -1.98. The number of aliphatic carboxylic acids is 1. The van der Waals surface area contributed by atoms with Crippen LogP contribution in [0.5, 0.6) is 0 Å². The maximum atomic E-state index is 10.5.